The largest absolute Gasteiger partial charge is 0.325 e. The SMILES string of the molecule is CC(C)Sc1ccccc1NC(=O)[C@H]1CCN[C@@H](C)C1. The molecule has 1 fully saturated rings. The number of carbonyl (C=O) groups is 1. The number of nitrogens with one attached hydrogen (secondary N) is 2. The first kappa shape index (κ1) is 15.4. The minimum absolute atomic E-state index is 0.128. The van der Waals surface area contributed by atoms with Crippen LogP contribution in [0.2, 0.25) is 0 Å². The quantitative estimate of drug-likeness (QED) is 0.834. The van der Waals surface area contributed by atoms with Crippen LogP contribution in [0.15, 0.2) is 29.2 Å². The molecule has 4 heteroatoms. The van der Waals surface area contributed by atoms with Gasteiger partial charge in [0, 0.05) is 22.1 Å². The van der Waals surface area contributed by atoms with Crippen LogP contribution in [0.3, 0.4) is 0 Å². The first-order chi connectivity index (χ1) is 9.56. The molecule has 1 amide bonds. The summed E-state index contributed by atoms with van der Waals surface area (Å²) in [5.74, 6) is 0.290. The summed E-state index contributed by atoms with van der Waals surface area (Å²) in [6, 6.07) is 8.50. The molecular formula is C16H24N2OS. The molecule has 0 aliphatic carbocycles. The molecule has 0 bridgehead atoms. The molecule has 0 radical (unpaired) electrons. The van der Waals surface area contributed by atoms with Gasteiger partial charge in [-0.05, 0) is 38.4 Å². The molecule has 0 spiro atoms. The molecule has 0 aromatic heterocycles. The fourth-order valence-corrected chi connectivity index (χ4v) is 3.44. The molecule has 1 aromatic rings. The lowest BCUT2D eigenvalue weighted by atomic mass is 9.92. The van der Waals surface area contributed by atoms with Crippen molar-refractivity contribution in [1.82, 2.24) is 5.32 Å². The molecule has 1 aliphatic heterocycles. The van der Waals surface area contributed by atoms with Crippen LogP contribution in [-0.2, 0) is 4.79 Å². The summed E-state index contributed by atoms with van der Waals surface area (Å²) in [4.78, 5) is 13.6. The second kappa shape index (κ2) is 7.14. The van der Waals surface area contributed by atoms with E-state index < -0.39 is 0 Å². The molecule has 2 N–H and O–H groups in total. The van der Waals surface area contributed by atoms with Gasteiger partial charge in [0.15, 0.2) is 0 Å². The Morgan fingerprint density at radius 2 is 2.15 bits per heavy atom. The Hall–Kier alpha value is -1.00. The lowest BCUT2D eigenvalue weighted by molar-refractivity contribution is -0.120. The average Bonchev–Trinajstić information content (AvgIpc) is 2.40. The Morgan fingerprint density at radius 1 is 1.40 bits per heavy atom. The van der Waals surface area contributed by atoms with Crippen molar-refractivity contribution in [2.45, 2.75) is 49.8 Å². The lowest BCUT2D eigenvalue weighted by Gasteiger charge is -2.27. The number of amides is 1. The number of benzene rings is 1. The van der Waals surface area contributed by atoms with Crippen molar-refractivity contribution >= 4 is 23.4 Å². The van der Waals surface area contributed by atoms with Crippen LogP contribution in [0.25, 0.3) is 0 Å². The maximum absolute atomic E-state index is 12.4. The minimum atomic E-state index is 0.128. The maximum Gasteiger partial charge on any atom is 0.227 e. The van der Waals surface area contributed by atoms with E-state index in [-0.39, 0.29) is 11.8 Å². The standard InChI is InChI=1S/C16H24N2OS/c1-11(2)20-15-7-5-4-6-14(15)18-16(19)13-8-9-17-12(3)10-13/h4-7,11-13,17H,8-10H2,1-3H3,(H,18,19)/t12-,13-/m0/s1. The number of hydrogen-bond acceptors (Lipinski definition) is 3. The van der Waals surface area contributed by atoms with Crippen LogP contribution >= 0.6 is 11.8 Å². The highest BCUT2D eigenvalue weighted by molar-refractivity contribution is 8.00. The number of para-hydroxylation sites is 1. The van der Waals surface area contributed by atoms with Crippen molar-refractivity contribution in [3.05, 3.63) is 24.3 Å². The molecule has 0 unspecified atom stereocenters. The Labute approximate surface area is 125 Å². The number of anilines is 1. The Bertz CT molecular complexity index is 462. The van der Waals surface area contributed by atoms with E-state index in [2.05, 4.69) is 37.5 Å². The van der Waals surface area contributed by atoms with Gasteiger partial charge in [-0.15, -0.1) is 11.8 Å². The first-order valence-electron chi connectivity index (χ1n) is 7.36. The highest BCUT2D eigenvalue weighted by Crippen LogP contribution is 2.31. The summed E-state index contributed by atoms with van der Waals surface area (Å²) in [5, 5.41) is 7.01. The third-order valence-electron chi connectivity index (χ3n) is 3.50. The maximum atomic E-state index is 12.4. The number of hydrogen-bond donors (Lipinski definition) is 2. The van der Waals surface area contributed by atoms with Gasteiger partial charge >= 0.3 is 0 Å². The van der Waals surface area contributed by atoms with Crippen LogP contribution in [0.5, 0.6) is 0 Å². The molecule has 110 valence electrons. The van der Waals surface area contributed by atoms with E-state index >= 15 is 0 Å². The van der Waals surface area contributed by atoms with E-state index in [0.29, 0.717) is 11.3 Å². The molecule has 0 saturated carbocycles. The lowest BCUT2D eigenvalue weighted by Crippen LogP contribution is -2.40. The van der Waals surface area contributed by atoms with E-state index in [4.69, 9.17) is 0 Å². The molecule has 20 heavy (non-hydrogen) atoms. The fourth-order valence-electron chi connectivity index (χ4n) is 2.53. The topological polar surface area (TPSA) is 41.1 Å². The highest BCUT2D eigenvalue weighted by atomic mass is 32.2. The molecule has 1 aliphatic rings. The van der Waals surface area contributed by atoms with Gasteiger partial charge < -0.3 is 10.6 Å². The molecule has 1 saturated heterocycles. The number of rotatable bonds is 4. The third-order valence-corrected chi connectivity index (χ3v) is 4.58. The van der Waals surface area contributed by atoms with E-state index in [9.17, 15) is 4.79 Å². The molecule has 2 atom stereocenters. The van der Waals surface area contributed by atoms with Gasteiger partial charge in [-0.1, -0.05) is 26.0 Å². The van der Waals surface area contributed by atoms with E-state index in [1.807, 2.05) is 18.2 Å². The van der Waals surface area contributed by atoms with Gasteiger partial charge in [0.05, 0.1) is 5.69 Å². The van der Waals surface area contributed by atoms with Crippen LogP contribution in [0, 0.1) is 5.92 Å². The van der Waals surface area contributed by atoms with Gasteiger partial charge in [0.2, 0.25) is 5.91 Å². The minimum Gasteiger partial charge on any atom is -0.325 e. The van der Waals surface area contributed by atoms with Gasteiger partial charge in [-0.3, -0.25) is 4.79 Å². The second-order valence-electron chi connectivity index (χ2n) is 5.73. The summed E-state index contributed by atoms with van der Waals surface area (Å²) in [6.45, 7) is 7.40. The number of piperidine rings is 1. The van der Waals surface area contributed by atoms with Gasteiger partial charge in [-0.2, -0.15) is 0 Å². The summed E-state index contributed by atoms with van der Waals surface area (Å²) < 4.78 is 0. The predicted octanol–water partition coefficient (Wildman–Crippen LogP) is 3.51. The zero-order valence-corrected chi connectivity index (χ0v) is 13.3. The van der Waals surface area contributed by atoms with Crippen LogP contribution < -0.4 is 10.6 Å². The van der Waals surface area contributed by atoms with Crippen molar-refractivity contribution in [2.75, 3.05) is 11.9 Å². The third kappa shape index (κ3) is 4.25. The Kier molecular flexibility index (Phi) is 5.49. The van der Waals surface area contributed by atoms with Crippen molar-refractivity contribution in [3.63, 3.8) is 0 Å². The number of carbonyl (C=O) groups excluding carboxylic acids is 1. The fraction of sp³-hybridized carbons (Fsp3) is 0.562. The van der Waals surface area contributed by atoms with E-state index in [1.165, 1.54) is 0 Å². The smallest absolute Gasteiger partial charge is 0.227 e. The summed E-state index contributed by atoms with van der Waals surface area (Å²) in [5.41, 5.74) is 0.947. The van der Waals surface area contributed by atoms with E-state index in [1.54, 1.807) is 11.8 Å². The van der Waals surface area contributed by atoms with Crippen molar-refractivity contribution in [1.29, 1.82) is 0 Å². The van der Waals surface area contributed by atoms with Gasteiger partial charge in [0.25, 0.3) is 0 Å². The first-order valence-corrected chi connectivity index (χ1v) is 8.24. The molecule has 2 rings (SSSR count). The normalized spacial score (nSPS) is 22.8. The summed E-state index contributed by atoms with van der Waals surface area (Å²) in [7, 11) is 0. The van der Waals surface area contributed by atoms with Crippen LogP contribution in [0.4, 0.5) is 5.69 Å². The summed E-state index contributed by atoms with van der Waals surface area (Å²) >= 11 is 1.79. The monoisotopic (exact) mass is 292 g/mol. The second-order valence-corrected chi connectivity index (χ2v) is 7.35. The van der Waals surface area contributed by atoms with Crippen molar-refractivity contribution in [2.24, 2.45) is 5.92 Å². The van der Waals surface area contributed by atoms with Crippen molar-refractivity contribution in [3.8, 4) is 0 Å². The van der Waals surface area contributed by atoms with Crippen LogP contribution in [0.1, 0.15) is 33.6 Å². The predicted molar refractivity (Wildman–Crippen MR) is 86.3 cm³/mol. The van der Waals surface area contributed by atoms with Gasteiger partial charge in [-0.25, -0.2) is 0 Å². The molecule has 1 heterocycles. The molecular weight excluding hydrogens is 268 g/mol. The Morgan fingerprint density at radius 3 is 2.85 bits per heavy atom. The van der Waals surface area contributed by atoms with E-state index in [0.717, 1.165) is 30.0 Å². The van der Waals surface area contributed by atoms with Crippen molar-refractivity contribution < 1.29 is 4.79 Å². The molecule has 3 nitrogen and oxygen atoms in total. The highest BCUT2D eigenvalue weighted by Gasteiger charge is 2.25. The van der Waals surface area contributed by atoms with Crippen LogP contribution in [-0.4, -0.2) is 23.7 Å². The zero-order chi connectivity index (χ0) is 14.5. The average molecular weight is 292 g/mol. The Balaban J connectivity index is 2.03. The van der Waals surface area contributed by atoms with Gasteiger partial charge in [0.1, 0.15) is 0 Å². The molecule has 1 aromatic carbocycles. The summed E-state index contributed by atoms with van der Waals surface area (Å²) in [6.07, 6.45) is 1.85. The zero-order valence-electron chi connectivity index (χ0n) is 12.5. The number of thioether (sulfide) groups is 1.